The molecular formula is C27H29N5O3. The molecule has 8 heteroatoms. The predicted octanol–water partition coefficient (Wildman–Crippen LogP) is 4.08. The first-order valence-electron chi connectivity index (χ1n) is 11.3. The molecule has 1 N–H and O–H groups in total. The third-order valence-corrected chi connectivity index (χ3v) is 5.51. The van der Waals surface area contributed by atoms with Gasteiger partial charge in [0.15, 0.2) is 0 Å². The predicted molar refractivity (Wildman–Crippen MR) is 138 cm³/mol. The van der Waals surface area contributed by atoms with Crippen molar-refractivity contribution in [2.75, 3.05) is 39.7 Å². The first kappa shape index (κ1) is 24.0. The number of carbonyl (C=O) groups is 1. The number of hydrogen-bond acceptors (Lipinski definition) is 6. The van der Waals surface area contributed by atoms with Crippen LogP contribution in [0.1, 0.15) is 11.4 Å². The van der Waals surface area contributed by atoms with Crippen LogP contribution in [-0.2, 0) is 11.2 Å². The third kappa shape index (κ3) is 5.67. The van der Waals surface area contributed by atoms with Crippen LogP contribution in [0.5, 0.6) is 11.5 Å². The van der Waals surface area contributed by atoms with Gasteiger partial charge < -0.3 is 24.3 Å². The third-order valence-electron chi connectivity index (χ3n) is 5.51. The summed E-state index contributed by atoms with van der Waals surface area (Å²) in [6.45, 7) is 4.74. The Kier molecular flexibility index (Phi) is 7.42. The molecule has 2 heterocycles. The van der Waals surface area contributed by atoms with Gasteiger partial charge in [-0.1, -0.05) is 24.8 Å². The van der Waals surface area contributed by atoms with Gasteiger partial charge in [0.25, 0.3) is 0 Å². The lowest BCUT2D eigenvalue weighted by Gasteiger charge is -2.18. The molecule has 0 unspecified atom stereocenters. The summed E-state index contributed by atoms with van der Waals surface area (Å²) in [7, 11) is 5.55. The summed E-state index contributed by atoms with van der Waals surface area (Å²) < 4.78 is 13.6. The maximum absolute atomic E-state index is 12.1. The van der Waals surface area contributed by atoms with Crippen molar-refractivity contribution < 1.29 is 14.3 Å². The molecule has 0 aliphatic carbocycles. The summed E-state index contributed by atoms with van der Waals surface area (Å²) in [5.74, 6) is 2.23. The van der Waals surface area contributed by atoms with Crippen LogP contribution in [0.4, 0.5) is 5.69 Å². The Bertz CT molecular complexity index is 1350. The van der Waals surface area contributed by atoms with Crippen LogP contribution in [0.3, 0.4) is 0 Å². The lowest BCUT2D eigenvalue weighted by atomic mass is 10.1. The van der Waals surface area contributed by atoms with Gasteiger partial charge in [0.1, 0.15) is 29.7 Å². The first-order valence-corrected chi connectivity index (χ1v) is 11.3. The number of aromatic nitrogens is 3. The first-order chi connectivity index (χ1) is 17.0. The van der Waals surface area contributed by atoms with Crippen molar-refractivity contribution in [3.05, 3.63) is 85.0 Å². The lowest BCUT2D eigenvalue weighted by Crippen LogP contribution is -2.20. The molecule has 180 valence electrons. The maximum atomic E-state index is 12.1. The number of benzene rings is 2. The maximum Gasteiger partial charge on any atom is 0.247 e. The van der Waals surface area contributed by atoms with Gasteiger partial charge in [-0.05, 0) is 49.8 Å². The minimum Gasteiger partial charge on any atom is -0.496 e. The minimum absolute atomic E-state index is 0.323. The highest BCUT2D eigenvalue weighted by molar-refractivity contribution is 6.00. The molecule has 35 heavy (non-hydrogen) atoms. The lowest BCUT2D eigenvalue weighted by molar-refractivity contribution is -0.111. The molecule has 4 aromatic rings. The fourth-order valence-electron chi connectivity index (χ4n) is 3.73. The Labute approximate surface area is 204 Å². The highest BCUT2D eigenvalue weighted by Gasteiger charge is 2.16. The Morgan fingerprint density at radius 1 is 1.17 bits per heavy atom. The molecule has 2 aromatic carbocycles. The number of anilines is 1. The van der Waals surface area contributed by atoms with Gasteiger partial charge in [0, 0.05) is 37.0 Å². The number of amides is 1. The Hall–Kier alpha value is -4.17. The van der Waals surface area contributed by atoms with Crippen LogP contribution in [-0.4, -0.2) is 59.7 Å². The molecule has 0 fully saturated rings. The molecule has 4 rings (SSSR count). The van der Waals surface area contributed by atoms with Gasteiger partial charge in [-0.2, -0.15) is 0 Å². The smallest absolute Gasteiger partial charge is 0.247 e. The van der Waals surface area contributed by atoms with E-state index < -0.39 is 0 Å². The van der Waals surface area contributed by atoms with Crippen molar-refractivity contribution in [2.24, 2.45) is 0 Å². The number of para-hydroxylation sites is 1. The van der Waals surface area contributed by atoms with E-state index in [9.17, 15) is 4.79 Å². The fourth-order valence-corrected chi connectivity index (χ4v) is 3.73. The topological polar surface area (TPSA) is 81.5 Å². The second-order valence-corrected chi connectivity index (χ2v) is 8.26. The van der Waals surface area contributed by atoms with E-state index in [-0.39, 0.29) is 5.91 Å². The Morgan fingerprint density at radius 2 is 2.00 bits per heavy atom. The molecule has 0 spiro atoms. The van der Waals surface area contributed by atoms with Crippen LogP contribution >= 0.6 is 0 Å². The Balaban J connectivity index is 1.66. The highest BCUT2D eigenvalue weighted by atomic mass is 16.5. The summed E-state index contributed by atoms with van der Waals surface area (Å²) in [6, 6.07) is 15.7. The molecule has 0 aliphatic heterocycles. The van der Waals surface area contributed by atoms with Crippen LogP contribution in [0.25, 0.3) is 16.7 Å². The molecule has 0 atom stereocenters. The van der Waals surface area contributed by atoms with E-state index >= 15 is 0 Å². The minimum atomic E-state index is -0.323. The number of nitrogens with one attached hydrogen (secondary N) is 1. The van der Waals surface area contributed by atoms with E-state index in [2.05, 4.69) is 35.1 Å². The largest absolute Gasteiger partial charge is 0.496 e. The number of methoxy groups -OCH3 is 1. The summed E-state index contributed by atoms with van der Waals surface area (Å²) in [4.78, 5) is 23.4. The van der Waals surface area contributed by atoms with Crippen LogP contribution in [0.2, 0.25) is 0 Å². The average Bonchev–Trinajstić information content (AvgIpc) is 3.29. The molecule has 0 saturated carbocycles. The number of rotatable bonds is 10. The van der Waals surface area contributed by atoms with Crippen molar-refractivity contribution in [1.82, 2.24) is 19.4 Å². The van der Waals surface area contributed by atoms with E-state index in [0.29, 0.717) is 36.0 Å². The van der Waals surface area contributed by atoms with Crippen LogP contribution in [0, 0.1) is 0 Å². The van der Waals surface area contributed by atoms with E-state index in [0.717, 1.165) is 28.8 Å². The standard InChI is InChI=1S/C27H29N5O3/c1-5-27(33)29-21-16-20(23(34-4)18-24(21)35-15-14-31(2)3)17-25-28-12-10-26(30-25)32-13-11-19-8-6-7-9-22(19)32/h5-13,16,18H,1,14-15,17H2,2-4H3,(H,29,33). The average molecular weight is 472 g/mol. The SMILES string of the molecule is C=CC(=O)Nc1cc(Cc2nccc(-n3ccc4ccccc43)n2)c(OC)cc1OCCN(C)C. The summed E-state index contributed by atoms with van der Waals surface area (Å²) in [6.07, 6.45) is 5.38. The van der Waals surface area contributed by atoms with E-state index in [1.807, 2.05) is 54.0 Å². The summed E-state index contributed by atoms with van der Waals surface area (Å²) in [5, 5.41) is 3.97. The van der Waals surface area contributed by atoms with Crippen molar-refractivity contribution in [3.63, 3.8) is 0 Å². The van der Waals surface area contributed by atoms with E-state index in [4.69, 9.17) is 14.5 Å². The molecular weight excluding hydrogens is 442 g/mol. The zero-order valence-corrected chi connectivity index (χ0v) is 20.2. The summed E-state index contributed by atoms with van der Waals surface area (Å²) in [5.41, 5.74) is 2.43. The van der Waals surface area contributed by atoms with Gasteiger partial charge >= 0.3 is 0 Å². The van der Waals surface area contributed by atoms with Crippen molar-refractivity contribution in [2.45, 2.75) is 6.42 Å². The molecule has 0 aliphatic rings. The van der Waals surface area contributed by atoms with Crippen LogP contribution in [0.15, 0.2) is 73.6 Å². The molecule has 0 bridgehead atoms. The zero-order valence-electron chi connectivity index (χ0n) is 20.2. The van der Waals surface area contributed by atoms with Crippen molar-refractivity contribution in [1.29, 1.82) is 0 Å². The number of likely N-dealkylation sites (N-methyl/N-ethyl adjacent to an activating group) is 1. The fraction of sp³-hybridized carbons (Fsp3) is 0.222. The van der Waals surface area contributed by atoms with Gasteiger partial charge in [0.05, 0.1) is 18.3 Å². The second kappa shape index (κ2) is 10.8. The number of carbonyl (C=O) groups excluding carboxylic acids is 1. The quantitative estimate of drug-likeness (QED) is 0.351. The second-order valence-electron chi connectivity index (χ2n) is 8.26. The molecule has 8 nitrogen and oxygen atoms in total. The van der Waals surface area contributed by atoms with Gasteiger partial charge in [-0.25, -0.2) is 9.97 Å². The summed E-state index contributed by atoms with van der Waals surface area (Å²) >= 11 is 0. The van der Waals surface area contributed by atoms with Crippen molar-refractivity contribution in [3.8, 4) is 17.3 Å². The van der Waals surface area contributed by atoms with Gasteiger partial charge in [0.2, 0.25) is 5.91 Å². The van der Waals surface area contributed by atoms with Gasteiger partial charge in [-0.15, -0.1) is 0 Å². The Morgan fingerprint density at radius 3 is 2.77 bits per heavy atom. The number of nitrogens with zero attached hydrogens (tertiary/aromatic N) is 4. The molecule has 1 amide bonds. The zero-order chi connectivity index (χ0) is 24.8. The molecule has 0 saturated heterocycles. The monoisotopic (exact) mass is 471 g/mol. The normalized spacial score (nSPS) is 11.0. The van der Waals surface area contributed by atoms with Gasteiger partial charge in [-0.3, -0.25) is 4.79 Å². The molecule has 0 radical (unpaired) electrons. The van der Waals surface area contributed by atoms with Crippen molar-refractivity contribution >= 4 is 22.5 Å². The van der Waals surface area contributed by atoms with E-state index in [1.54, 1.807) is 19.4 Å². The highest BCUT2D eigenvalue weighted by Crippen LogP contribution is 2.34. The van der Waals surface area contributed by atoms with E-state index in [1.165, 1.54) is 6.08 Å². The number of fused-ring (bicyclic) bond motifs is 1. The molecule has 2 aromatic heterocycles. The van der Waals surface area contributed by atoms with Crippen LogP contribution < -0.4 is 14.8 Å². The number of hydrogen-bond donors (Lipinski definition) is 1. The number of ether oxygens (including phenoxy) is 2.